The Balaban J connectivity index is 1.88. The molecule has 1 heterocycles. The van der Waals surface area contributed by atoms with Gasteiger partial charge in [0.25, 0.3) is 0 Å². The van der Waals surface area contributed by atoms with E-state index in [1.165, 1.54) is 12.1 Å². The van der Waals surface area contributed by atoms with Crippen molar-refractivity contribution in [2.45, 2.75) is 45.3 Å². The molecular formula is C17H25FN2O2. The lowest BCUT2D eigenvalue weighted by Gasteiger charge is -2.25. The number of nitrogens with zero attached hydrogens (tertiary/aromatic N) is 1. The quantitative estimate of drug-likeness (QED) is 0.934. The van der Waals surface area contributed by atoms with Crippen molar-refractivity contribution >= 4 is 6.09 Å². The zero-order chi connectivity index (χ0) is 16.3. The molecule has 2 rings (SSSR count). The lowest BCUT2D eigenvalue weighted by Crippen LogP contribution is -2.38. The molecule has 1 aliphatic rings. The fraction of sp³-hybridized carbons (Fsp3) is 0.588. The molecule has 5 heteroatoms. The molecule has 1 aromatic carbocycles. The summed E-state index contributed by atoms with van der Waals surface area (Å²) in [4.78, 5) is 13.8. The van der Waals surface area contributed by atoms with E-state index in [1.54, 1.807) is 11.0 Å². The summed E-state index contributed by atoms with van der Waals surface area (Å²) in [6.45, 7) is 6.83. The third-order valence-corrected chi connectivity index (χ3v) is 3.84. The number of carbonyl (C=O) groups is 1. The molecule has 0 spiro atoms. The van der Waals surface area contributed by atoms with Crippen molar-refractivity contribution in [3.8, 4) is 0 Å². The maximum absolute atomic E-state index is 13.2. The number of likely N-dealkylation sites (tertiary alicyclic amines) is 1. The van der Waals surface area contributed by atoms with Crippen LogP contribution in [-0.4, -0.2) is 35.7 Å². The topological polar surface area (TPSA) is 55.6 Å². The number of halogens is 1. The van der Waals surface area contributed by atoms with Gasteiger partial charge < -0.3 is 15.4 Å². The Morgan fingerprint density at radius 1 is 1.50 bits per heavy atom. The van der Waals surface area contributed by atoms with Gasteiger partial charge in [0, 0.05) is 19.1 Å². The summed E-state index contributed by atoms with van der Waals surface area (Å²) < 4.78 is 18.6. The SMILES string of the molecule is CC(C)(C)OC(=O)N1CCC(C(N)Cc2cccc(F)c2)C1. The van der Waals surface area contributed by atoms with Gasteiger partial charge in [0.2, 0.25) is 0 Å². The minimum absolute atomic E-state index is 0.0887. The number of hydrogen-bond acceptors (Lipinski definition) is 3. The molecular weight excluding hydrogens is 283 g/mol. The van der Waals surface area contributed by atoms with Gasteiger partial charge in [-0.25, -0.2) is 9.18 Å². The van der Waals surface area contributed by atoms with Gasteiger partial charge in [-0.1, -0.05) is 12.1 Å². The van der Waals surface area contributed by atoms with Crippen LogP contribution in [0.25, 0.3) is 0 Å². The second-order valence-corrected chi connectivity index (χ2v) is 6.97. The van der Waals surface area contributed by atoms with Gasteiger partial charge in [0.1, 0.15) is 11.4 Å². The van der Waals surface area contributed by atoms with E-state index in [1.807, 2.05) is 26.8 Å². The Labute approximate surface area is 131 Å². The van der Waals surface area contributed by atoms with Crippen LogP contribution in [0.1, 0.15) is 32.8 Å². The van der Waals surface area contributed by atoms with Crippen LogP contribution in [0.5, 0.6) is 0 Å². The van der Waals surface area contributed by atoms with Crippen molar-refractivity contribution < 1.29 is 13.9 Å². The lowest BCUT2D eigenvalue weighted by molar-refractivity contribution is 0.0286. The van der Waals surface area contributed by atoms with Crippen molar-refractivity contribution in [2.75, 3.05) is 13.1 Å². The minimum atomic E-state index is -0.487. The molecule has 1 aliphatic heterocycles. The van der Waals surface area contributed by atoms with Gasteiger partial charge in [-0.2, -0.15) is 0 Å². The largest absolute Gasteiger partial charge is 0.444 e. The number of benzene rings is 1. The molecule has 22 heavy (non-hydrogen) atoms. The van der Waals surface area contributed by atoms with E-state index in [4.69, 9.17) is 10.5 Å². The van der Waals surface area contributed by atoms with Crippen LogP contribution in [0, 0.1) is 11.7 Å². The molecule has 1 aromatic rings. The highest BCUT2D eigenvalue weighted by atomic mass is 19.1. The normalized spacial score (nSPS) is 20.0. The molecule has 0 radical (unpaired) electrons. The number of amides is 1. The van der Waals surface area contributed by atoms with Gasteiger partial charge in [-0.15, -0.1) is 0 Å². The van der Waals surface area contributed by atoms with Crippen LogP contribution in [0.4, 0.5) is 9.18 Å². The molecule has 2 N–H and O–H groups in total. The highest BCUT2D eigenvalue weighted by Gasteiger charge is 2.32. The molecule has 1 saturated heterocycles. The van der Waals surface area contributed by atoms with E-state index in [0.717, 1.165) is 12.0 Å². The highest BCUT2D eigenvalue weighted by molar-refractivity contribution is 5.68. The molecule has 1 amide bonds. The van der Waals surface area contributed by atoms with Crippen molar-refractivity contribution in [1.29, 1.82) is 0 Å². The Kier molecular flexibility index (Phi) is 5.06. The summed E-state index contributed by atoms with van der Waals surface area (Å²) in [5, 5.41) is 0. The average Bonchev–Trinajstić information content (AvgIpc) is 2.86. The zero-order valence-electron chi connectivity index (χ0n) is 13.5. The van der Waals surface area contributed by atoms with Crippen LogP contribution >= 0.6 is 0 Å². The second-order valence-electron chi connectivity index (χ2n) is 6.97. The summed E-state index contributed by atoms with van der Waals surface area (Å²) in [6.07, 6.45) is 1.19. The third kappa shape index (κ3) is 4.70. The third-order valence-electron chi connectivity index (χ3n) is 3.84. The predicted molar refractivity (Wildman–Crippen MR) is 84.0 cm³/mol. The van der Waals surface area contributed by atoms with E-state index in [0.29, 0.717) is 19.5 Å². The molecule has 2 unspecified atom stereocenters. The first kappa shape index (κ1) is 16.7. The molecule has 2 atom stereocenters. The number of nitrogens with two attached hydrogens (primary N) is 1. The summed E-state index contributed by atoms with van der Waals surface area (Å²) in [6, 6.07) is 6.42. The molecule has 0 aromatic heterocycles. The van der Waals surface area contributed by atoms with E-state index >= 15 is 0 Å². The number of rotatable bonds is 3. The summed E-state index contributed by atoms with van der Waals surface area (Å²) in [5.41, 5.74) is 6.65. The molecule has 1 fully saturated rings. The number of hydrogen-bond donors (Lipinski definition) is 1. The van der Waals surface area contributed by atoms with E-state index in [9.17, 15) is 9.18 Å². The fourth-order valence-electron chi connectivity index (χ4n) is 2.73. The average molecular weight is 308 g/mol. The molecule has 0 aliphatic carbocycles. The minimum Gasteiger partial charge on any atom is -0.444 e. The molecule has 0 saturated carbocycles. The summed E-state index contributed by atoms with van der Waals surface area (Å²) in [5.74, 6) is -0.0257. The number of ether oxygens (including phenoxy) is 1. The van der Waals surface area contributed by atoms with Crippen LogP contribution in [0.3, 0.4) is 0 Å². The van der Waals surface area contributed by atoms with E-state index < -0.39 is 5.60 Å². The first-order chi connectivity index (χ1) is 10.2. The lowest BCUT2D eigenvalue weighted by atomic mass is 9.93. The van der Waals surface area contributed by atoms with Gasteiger partial charge in [-0.3, -0.25) is 0 Å². The number of carbonyl (C=O) groups excluding carboxylic acids is 1. The Hall–Kier alpha value is -1.62. The predicted octanol–water partition coefficient (Wildman–Crippen LogP) is 2.95. The Morgan fingerprint density at radius 2 is 2.23 bits per heavy atom. The van der Waals surface area contributed by atoms with Crippen molar-refractivity contribution in [1.82, 2.24) is 4.90 Å². The van der Waals surface area contributed by atoms with Gasteiger partial charge in [-0.05, 0) is 57.2 Å². The fourth-order valence-corrected chi connectivity index (χ4v) is 2.73. The van der Waals surface area contributed by atoms with Crippen LogP contribution in [0.15, 0.2) is 24.3 Å². The van der Waals surface area contributed by atoms with Crippen molar-refractivity contribution in [3.63, 3.8) is 0 Å². The van der Waals surface area contributed by atoms with Crippen LogP contribution < -0.4 is 5.73 Å². The summed E-state index contributed by atoms with van der Waals surface area (Å²) >= 11 is 0. The summed E-state index contributed by atoms with van der Waals surface area (Å²) in [7, 11) is 0. The zero-order valence-corrected chi connectivity index (χ0v) is 13.5. The van der Waals surface area contributed by atoms with Crippen molar-refractivity contribution in [2.24, 2.45) is 11.7 Å². The van der Waals surface area contributed by atoms with Crippen molar-refractivity contribution in [3.05, 3.63) is 35.6 Å². The van der Waals surface area contributed by atoms with Gasteiger partial charge in [0.05, 0.1) is 0 Å². The maximum Gasteiger partial charge on any atom is 0.410 e. The Bertz CT molecular complexity index is 528. The standard InChI is InChI=1S/C17H25FN2O2/c1-17(2,3)22-16(21)20-8-7-13(11-20)15(19)10-12-5-4-6-14(18)9-12/h4-6,9,13,15H,7-8,10-11,19H2,1-3H3. The van der Waals surface area contributed by atoms with E-state index in [-0.39, 0.29) is 23.9 Å². The maximum atomic E-state index is 13.2. The second kappa shape index (κ2) is 6.65. The monoisotopic (exact) mass is 308 g/mol. The molecule has 122 valence electrons. The Morgan fingerprint density at radius 3 is 2.86 bits per heavy atom. The molecule has 4 nitrogen and oxygen atoms in total. The smallest absolute Gasteiger partial charge is 0.410 e. The van der Waals surface area contributed by atoms with Crippen LogP contribution in [0.2, 0.25) is 0 Å². The van der Waals surface area contributed by atoms with Gasteiger partial charge in [0.15, 0.2) is 0 Å². The van der Waals surface area contributed by atoms with E-state index in [2.05, 4.69) is 0 Å². The molecule has 0 bridgehead atoms. The van der Waals surface area contributed by atoms with Gasteiger partial charge >= 0.3 is 6.09 Å². The first-order valence-corrected chi connectivity index (χ1v) is 7.72. The van der Waals surface area contributed by atoms with Crippen LogP contribution in [-0.2, 0) is 11.2 Å². The first-order valence-electron chi connectivity index (χ1n) is 7.72. The highest BCUT2D eigenvalue weighted by Crippen LogP contribution is 2.23.